The van der Waals surface area contributed by atoms with Crippen molar-refractivity contribution in [3.05, 3.63) is 53.0 Å². The van der Waals surface area contributed by atoms with Gasteiger partial charge >= 0.3 is 0 Å². The van der Waals surface area contributed by atoms with Crippen molar-refractivity contribution in [2.24, 2.45) is 0 Å². The van der Waals surface area contributed by atoms with Crippen LogP contribution in [0.3, 0.4) is 0 Å². The fraction of sp³-hybridized carbons (Fsp3) is 0.350. The third-order valence-electron chi connectivity index (χ3n) is 4.34. The highest BCUT2D eigenvalue weighted by molar-refractivity contribution is 9.10. The van der Waals surface area contributed by atoms with E-state index in [1.807, 2.05) is 54.4 Å². The van der Waals surface area contributed by atoms with Crippen LogP contribution in [0.2, 0.25) is 0 Å². The molecule has 5 nitrogen and oxygen atoms in total. The number of rotatable bonds is 6. The SMILES string of the molecule is CCN1C[C@H](CN(C)CC(=O)Nc2cccc(Br)c2)Oc2ccccc21. The summed E-state index contributed by atoms with van der Waals surface area (Å²) in [5.74, 6) is 0.881. The van der Waals surface area contributed by atoms with Crippen LogP contribution in [0.15, 0.2) is 53.0 Å². The zero-order chi connectivity index (χ0) is 18.5. The van der Waals surface area contributed by atoms with Crippen molar-refractivity contribution in [2.45, 2.75) is 13.0 Å². The molecule has 2 aromatic carbocycles. The number of benzene rings is 2. The number of para-hydroxylation sites is 2. The van der Waals surface area contributed by atoms with Crippen LogP contribution in [0.4, 0.5) is 11.4 Å². The maximum atomic E-state index is 12.3. The first-order chi connectivity index (χ1) is 12.5. The zero-order valence-electron chi connectivity index (χ0n) is 15.1. The quantitative estimate of drug-likeness (QED) is 0.779. The molecule has 138 valence electrons. The lowest BCUT2D eigenvalue weighted by Gasteiger charge is -2.37. The molecule has 0 saturated heterocycles. The van der Waals surface area contributed by atoms with Crippen LogP contribution in [0.1, 0.15) is 6.92 Å². The predicted octanol–water partition coefficient (Wildman–Crippen LogP) is 3.61. The summed E-state index contributed by atoms with van der Waals surface area (Å²) in [5.41, 5.74) is 1.93. The van der Waals surface area contributed by atoms with Gasteiger partial charge < -0.3 is 15.0 Å². The van der Waals surface area contributed by atoms with E-state index in [4.69, 9.17) is 4.74 Å². The van der Waals surface area contributed by atoms with E-state index >= 15 is 0 Å². The lowest BCUT2D eigenvalue weighted by atomic mass is 10.2. The number of carbonyl (C=O) groups excluding carboxylic acids is 1. The van der Waals surface area contributed by atoms with E-state index < -0.39 is 0 Å². The molecular weight excluding hydrogens is 394 g/mol. The van der Waals surface area contributed by atoms with E-state index in [1.54, 1.807) is 0 Å². The molecule has 0 radical (unpaired) electrons. The normalized spacial score (nSPS) is 16.2. The lowest BCUT2D eigenvalue weighted by molar-refractivity contribution is -0.117. The Balaban J connectivity index is 1.55. The van der Waals surface area contributed by atoms with Crippen molar-refractivity contribution in [3.63, 3.8) is 0 Å². The molecule has 0 aromatic heterocycles. The number of hydrogen-bond acceptors (Lipinski definition) is 4. The second-order valence-corrected chi connectivity index (χ2v) is 7.42. The van der Waals surface area contributed by atoms with Gasteiger partial charge in [0.2, 0.25) is 5.91 Å². The Morgan fingerprint density at radius 3 is 2.88 bits per heavy atom. The van der Waals surface area contributed by atoms with Crippen LogP contribution in [0.25, 0.3) is 0 Å². The van der Waals surface area contributed by atoms with E-state index in [2.05, 4.69) is 39.1 Å². The van der Waals surface area contributed by atoms with Gasteiger partial charge in [-0.2, -0.15) is 0 Å². The molecule has 6 heteroatoms. The van der Waals surface area contributed by atoms with Gasteiger partial charge in [0.05, 0.1) is 18.8 Å². The summed E-state index contributed by atoms with van der Waals surface area (Å²) in [7, 11) is 1.95. The molecule has 1 atom stereocenters. The summed E-state index contributed by atoms with van der Waals surface area (Å²) in [6.07, 6.45) is 0.0357. The first kappa shape index (κ1) is 18.7. The zero-order valence-corrected chi connectivity index (χ0v) is 16.7. The van der Waals surface area contributed by atoms with Crippen LogP contribution >= 0.6 is 15.9 Å². The maximum Gasteiger partial charge on any atom is 0.238 e. The minimum Gasteiger partial charge on any atom is -0.485 e. The highest BCUT2D eigenvalue weighted by atomic mass is 79.9. The number of ether oxygens (including phenoxy) is 1. The van der Waals surface area contributed by atoms with Gasteiger partial charge in [0.15, 0.2) is 0 Å². The van der Waals surface area contributed by atoms with E-state index in [0.717, 1.165) is 34.7 Å². The Bertz CT molecular complexity index is 768. The molecule has 2 aromatic rings. The van der Waals surface area contributed by atoms with Crippen LogP contribution in [0.5, 0.6) is 5.75 Å². The Morgan fingerprint density at radius 2 is 2.12 bits per heavy atom. The Morgan fingerprint density at radius 1 is 1.31 bits per heavy atom. The monoisotopic (exact) mass is 417 g/mol. The minimum atomic E-state index is -0.0332. The van der Waals surface area contributed by atoms with Gasteiger partial charge in [-0.1, -0.05) is 34.1 Å². The van der Waals surface area contributed by atoms with Crippen molar-refractivity contribution in [1.82, 2.24) is 4.90 Å². The maximum absolute atomic E-state index is 12.3. The highest BCUT2D eigenvalue weighted by Crippen LogP contribution is 2.32. The van der Waals surface area contributed by atoms with Crippen molar-refractivity contribution in [2.75, 3.05) is 43.4 Å². The molecule has 0 fully saturated rings. The summed E-state index contributed by atoms with van der Waals surface area (Å²) < 4.78 is 7.07. The van der Waals surface area contributed by atoms with Crippen molar-refractivity contribution >= 4 is 33.2 Å². The molecule has 0 saturated carbocycles. The number of nitrogens with one attached hydrogen (secondary N) is 1. The van der Waals surface area contributed by atoms with E-state index in [1.165, 1.54) is 0 Å². The second kappa shape index (κ2) is 8.56. The van der Waals surface area contributed by atoms with E-state index in [-0.39, 0.29) is 12.0 Å². The fourth-order valence-corrected chi connectivity index (χ4v) is 3.60. The number of amides is 1. The van der Waals surface area contributed by atoms with Crippen molar-refractivity contribution < 1.29 is 9.53 Å². The smallest absolute Gasteiger partial charge is 0.238 e. The first-order valence-corrected chi connectivity index (χ1v) is 9.59. The average Bonchev–Trinajstić information content (AvgIpc) is 2.60. The molecule has 1 aliphatic heterocycles. The number of hydrogen-bond donors (Lipinski definition) is 1. The topological polar surface area (TPSA) is 44.8 Å². The number of anilines is 2. The van der Waals surface area contributed by atoms with Gasteiger partial charge in [-0.25, -0.2) is 0 Å². The van der Waals surface area contributed by atoms with Crippen LogP contribution in [0, 0.1) is 0 Å². The predicted molar refractivity (Wildman–Crippen MR) is 109 cm³/mol. The number of fused-ring (bicyclic) bond motifs is 1. The molecule has 1 heterocycles. The van der Waals surface area contributed by atoms with Gasteiger partial charge in [0, 0.05) is 23.2 Å². The fourth-order valence-electron chi connectivity index (χ4n) is 3.20. The highest BCUT2D eigenvalue weighted by Gasteiger charge is 2.25. The number of carbonyl (C=O) groups is 1. The Hall–Kier alpha value is -2.05. The van der Waals surface area contributed by atoms with E-state index in [9.17, 15) is 4.79 Å². The van der Waals surface area contributed by atoms with Gasteiger partial charge in [0.1, 0.15) is 11.9 Å². The average molecular weight is 418 g/mol. The summed E-state index contributed by atoms with van der Waals surface area (Å²) >= 11 is 3.41. The molecule has 26 heavy (non-hydrogen) atoms. The second-order valence-electron chi connectivity index (χ2n) is 6.50. The Kier molecular flexibility index (Phi) is 6.16. The van der Waals surface area contributed by atoms with E-state index in [0.29, 0.717) is 13.1 Å². The standard InChI is InChI=1S/C20H24BrN3O2/c1-3-24-13-17(26-19-10-5-4-9-18(19)24)12-23(2)14-20(25)22-16-8-6-7-15(21)11-16/h4-11,17H,3,12-14H2,1-2H3,(H,22,25)/t17-/m0/s1. The molecule has 0 bridgehead atoms. The molecule has 0 spiro atoms. The molecule has 1 amide bonds. The molecule has 1 aliphatic rings. The van der Waals surface area contributed by atoms with Gasteiger partial charge in [-0.05, 0) is 44.3 Å². The molecule has 1 N–H and O–H groups in total. The molecule has 0 unspecified atom stereocenters. The van der Waals surface area contributed by atoms with Crippen molar-refractivity contribution in [3.8, 4) is 5.75 Å². The minimum absolute atomic E-state index is 0.0332. The molecular formula is C20H24BrN3O2. The van der Waals surface area contributed by atoms with Crippen LogP contribution in [-0.2, 0) is 4.79 Å². The van der Waals surface area contributed by atoms with Gasteiger partial charge in [-0.15, -0.1) is 0 Å². The Labute approximate surface area is 163 Å². The van der Waals surface area contributed by atoms with Crippen molar-refractivity contribution in [1.29, 1.82) is 0 Å². The van der Waals surface area contributed by atoms with Crippen LogP contribution < -0.4 is 15.0 Å². The molecule has 3 rings (SSSR count). The summed E-state index contributed by atoms with van der Waals surface area (Å²) in [6, 6.07) is 15.7. The largest absolute Gasteiger partial charge is 0.485 e. The van der Waals surface area contributed by atoms with Crippen LogP contribution in [-0.4, -0.2) is 50.1 Å². The molecule has 0 aliphatic carbocycles. The number of nitrogens with zero attached hydrogens (tertiary/aromatic N) is 2. The number of halogens is 1. The third kappa shape index (κ3) is 4.77. The van der Waals surface area contributed by atoms with Gasteiger partial charge in [-0.3, -0.25) is 9.69 Å². The third-order valence-corrected chi connectivity index (χ3v) is 4.84. The number of likely N-dealkylation sites (N-methyl/N-ethyl adjacent to an activating group) is 2. The summed E-state index contributed by atoms with van der Waals surface area (Å²) in [5, 5.41) is 2.92. The lowest BCUT2D eigenvalue weighted by Crippen LogP contribution is -2.46. The summed E-state index contributed by atoms with van der Waals surface area (Å²) in [4.78, 5) is 16.6. The summed E-state index contributed by atoms with van der Waals surface area (Å²) in [6.45, 7) is 4.92. The van der Waals surface area contributed by atoms with Gasteiger partial charge in [0.25, 0.3) is 0 Å². The first-order valence-electron chi connectivity index (χ1n) is 8.79.